The Labute approximate surface area is 195 Å². The number of piperazine rings is 1. The van der Waals surface area contributed by atoms with E-state index in [0.29, 0.717) is 22.9 Å². The van der Waals surface area contributed by atoms with E-state index in [-0.39, 0.29) is 5.91 Å². The number of benzene rings is 2. The van der Waals surface area contributed by atoms with Crippen LogP contribution >= 0.6 is 0 Å². The zero-order valence-corrected chi connectivity index (χ0v) is 19.0. The number of anilines is 5. The van der Waals surface area contributed by atoms with Crippen LogP contribution in [-0.2, 0) is 4.79 Å². The molecule has 34 heavy (non-hydrogen) atoms. The quantitative estimate of drug-likeness (QED) is 0.416. The molecule has 10 nitrogen and oxygen atoms in total. The Kier molecular flexibility index (Phi) is 5.62. The molecule has 2 aromatic heterocycles. The molecule has 5 rings (SSSR count). The van der Waals surface area contributed by atoms with Gasteiger partial charge in [0.25, 0.3) is 0 Å². The van der Waals surface area contributed by atoms with Crippen molar-refractivity contribution in [3.05, 3.63) is 64.8 Å². The summed E-state index contributed by atoms with van der Waals surface area (Å²) in [6.45, 7) is 6.66. The summed E-state index contributed by atoms with van der Waals surface area (Å²) in [4.78, 5) is 38.7. The summed E-state index contributed by atoms with van der Waals surface area (Å²) in [6.07, 6.45) is 1.75. The lowest BCUT2D eigenvalue weighted by Gasteiger charge is -2.35. The Morgan fingerprint density at radius 3 is 2.50 bits per heavy atom. The second-order valence-electron chi connectivity index (χ2n) is 8.24. The average molecular weight is 460 g/mol. The van der Waals surface area contributed by atoms with E-state index < -0.39 is 5.76 Å². The van der Waals surface area contributed by atoms with Crippen molar-refractivity contribution in [3.63, 3.8) is 0 Å². The van der Waals surface area contributed by atoms with Crippen LogP contribution in [0.15, 0.2) is 57.9 Å². The third kappa shape index (κ3) is 4.56. The van der Waals surface area contributed by atoms with Gasteiger partial charge in [-0.1, -0.05) is 0 Å². The normalized spacial score (nSPS) is 13.8. The molecule has 1 amide bonds. The van der Waals surface area contributed by atoms with Crippen molar-refractivity contribution in [2.75, 3.05) is 41.7 Å². The highest BCUT2D eigenvalue weighted by Gasteiger charge is 2.18. The number of nitrogens with one attached hydrogen (secondary N) is 3. The first-order valence-corrected chi connectivity index (χ1v) is 11.1. The number of aryl methyl sites for hydroxylation is 1. The van der Waals surface area contributed by atoms with E-state index in [9.17, 15) is 9.59 Å². The van der Waals surface area contributed by atoms with Gasteiger partial charge in [0.15, 0.2) is 5.58 Å². The molecule has 0 bridgehead atoms. The Hall–Kier alpha value is -4.34. The molecule has 1 aliphatic rings. The maximum absolute atomic E-state index is 11.5. The first kappa shape index (κ1) is 21.5. The summed E-state index contributed by atoms with van der Waals surface area (Å²) in [6, 6.07) is 13.4. The molecule has 1 saturated heterocycles. The number of H-pyrrole nitrogens is 1. The smallest absolute Gasteiger partial charge is 0.408 e. The van der Waals surface area contributed by atoms with E-state index in [1.807, 2.05) is 30.0 Å². The fourth-order valence-electron chi connectivity index (χ4n) is 3.96. The van der Waals surface area contributed by atoms with Crippen LogP contribution < -0.4 is 21.3 Å². The lowest BCUT2D eigenvalue weighted by Crippen LogP contribution is -2.48. The number of nitrogens with zero attached hydrogens (tertiary/aromatic N) is 4. The van der Waals surface area contributed by atoms with Crippen molar-refractivity contribution < 1.29 is 9.21 Å². The molecule has 0 radical (unpaired) electrons. The Balaban J connectivity index is 1.27. The van der Waals surface area contributed by atoms with Gasteiger partial charge < -0.3 is 24.9 Å². The zero-order valence-electron chi connectivity index (χ0n) is 19.0. The van der Waals surface area contributed by atoms with Gasteiger partial charge in [-0.05, 0) is 49.4 Å². The summed E-state index contributed by atoms with van der Waals surface area (Å²) in [5.74, 6) is 0.765. The van der Waals surface area contributed by atoms with E-state index in [4.69, 9.17) is 4.42 Å². The van der Waals surface area contributed by atoms with E-state index >= 15 is 0 Å². The highest BCUT2D eigenvalue weighted by Crippen LogP contribution is 2.24. The van der Waals surface area contributed by atoms with Gasteiger partial charge in [0, 0.05) is 61.9 Å². The summed E-state index contributed by atoms with van der Waals surface area (Å²) in [5.41, 5.74) is 4.76. The predicted octanol–water partition coefficient (Wildman–Crippen LogP) is 3.38. The molecule has 10 heteroatoms. The first-order valence-electron chi connectivity index (χ1n) is 11.1. The number of aromatic amines is 1. The van der Waals surface area contributed by atoms with E-state index in [1.54, 1.807) is 25.3 Å². The van der Waals surface area contributed by atoms with Gasteiger partial charge >= 0.3 is 5.76 Å². The number of oxazole rings is 1. The van der Waals surface area contributed by atoms with E-state index in [0.717, 1.165) is 48.8 Å². The molecule has 1 aliphatic heterocycles. The van der Waals surface area contributed by atoms with Gasteiger partial charge in [-0.15, -0.1) is 0 Å². The molecule has 0 aliphatic carbocycles. The number of hydrogen-bond acceptors (Lipinski definition) is 8. The minimum atomic E-state index is -0.485. The maximum atomic E-state index is 11.5. The van der Waals surface area contributed by atoms with Gasteiger partial charge in [-0.2, -0.15) is 4.98 Å². The minimum absolute atomic E-state index is 0.128. The van der Waals surface area contributed by atoms with E-state index in [2.05, 4.69) is 42.6 Å². The van der Waals surface area contributed by atoms with Crippen molar-refractivity contribution in [1.29, 1.82) is 0 Å². The number of rotatable bonds is 5. The molecule has 0 spiro atoms. The molecule has 1 fully saturated rings. The second kappa shape index (κ2) is 8.89. The standard InChI is InChI=1S/C24H25N7O3/c1-15-14-25-23(29-22(15)26-18-5-8-21-20(13-18)28-24(33)34-21)27-17-3-6-19(7-4-17)31-11-9-30(10-12-31)16(2)32/h3-8,13-14H,9-12H2,1-2H3,(H,28,33)(H2,25,26,27,29). The van der Waals surface area contributed by atoms with Gasteiger partial charge in [0.05, 0.1) is 5.52 Å². The van der Waals surface area contributed by atoms with Crippen LogP contribution in [0.4, 0.5) is 28.8 Å². The lowest BCUT2D eigenvalue weighted by atomic mass is 10.2. The predicted molar refractivity (Wildman–Crippen MR) is 131 cm³/mol. The lowest BCUT2D eigenvalue weighted by molar-refractivity contribution is -0.129. The maximum Gasteiger partial charge on any atom is 0.417 e. The molecule has 0 saturated carbocycles. The van der Waals surface area contributed by atoms with E-state index in [1.165, 1.54) is 0 Å². The van der Waals surface area contributed by atoms with Crippen molar-refractivity contribution in [1.82, 2.24) is 19.9 Å². The number of hydrogen-bond donors (Lipinski definition) is 3. The number of carbonyl (C=O) groups is 1. The van der Waals surface area contributed by atoms with Crippen LogP contribution in [0.5, 0.6) is 0 Å². The third-order valence-electron chi connectivity index (χ3n) is 5.87. The summed E-state index contributed by atoms with van der Waals surface area (Å²) in [7, 11) is 0. The van der Waals surface area contributed by atoms with Crippen LogP contribution in [0.2, 0.25) is 0 Å². The molecule has 0 atom stereocenters. The molecule has 3 N–H and O–H groups in total. The number of fused-ring (bicyclic) bond motifs is 1. The van der Waals surface area contributed by atoms with Crippen molar-refractivity contribution >= 4 is 45.8 Å². The topological polar surface area (TPSA) is 119 Å². The van der Waals surface area contributed by atoms with Crippen LogP contribution in [-0.4, -0.2) is 51.9 Å². The summed E-state index contributed by atoms with van der Waals surface area (Å²) < 4.78 is 5.05. The summed E-state index contributed by atoms with van der Waals surface area (Å²) >= 11 is 0. The highest BCUT2D eigenvalue weighted by atomic mass is 16.4. The van der Waals surface area contributed by atoms with Gasteiger partial charge in [-0.3, -0.25) is 9.78 Å². The highest BCUT2D eigenvalue weighted by molar-refractivity contribution is 5.78. The average Bonchev–Trinajstić information content (AvgIpc) is 3.21. The van der Waals surface area contributed by atoms with Gasteiger partial charge in [0.2, 0.25) is 11.9 Å². The van der Waals surface area contributed by atoms with Crippen molar-refractivity contribution in [2.24, 2.45) is 0 Å². The van der Waals surface area contributed by atoms with Gasteiger partial charge in [-0.25, -0.2) is 9.78 Å². The first-order chi connectivity index (χ1) is 16.4. The SMILES string of the molecule is CC(=O)N1CCN(c2ccc(Nc3ncc(C)c(Nc4ccc5oc(=O)[nH]c5c4)n3)cc2)CC1. The number of aromatic nitrogens is 3. The molecule has 4 aromatic rings. The largest absolute Gasteiger partial charge is 0.417 e. The number of carbonyl (C=O) groups excluding carboxylic acids is 1. The van der Waals surface area contributed by atoms with Crippen molar-refractivity contribution in [2.45, 2.75) is 13.8 Å². The molecular formula is C24H25N7O3. The van der Waals surface area contributed by atoms with Crippen LogP contribution in [0.3, 0.4) is 0 Å². The Morgan fingerprint density at radius 2 is 1.76 bits per heavy atom. The molecule has 2 aromatic carbocycles. The minimum Gasteiger partial charge on any atom is -0.408 e. The van der Waals surface area contributed by atoms with Crippen LogP contribution in [0.25, 0.3) is 11.1 Å². The number of amides is 1. The fourth-order valence-corrected chi connectivity index (χ4v) is 3.96. The van der Waals surface area contributed by atoms with Crippen LogP contribution in [0, 0.1) is 6.92 Å². The molecule has 174 valence electrons. The Morgan fingerprint density at radius 1 is 1.03 bits per heavy atom. The molecule has 3 heterocycles. The second-order valence-corrected chi connectivity index (χ2v) is 8.24. The van der Waals surface area contributed by atoms with Crippen molar-refractivity contribution in [3.8, 4) is 0 Å². The van der Waals surface area contributed by atoms with Gasteiger partial charge in [0.1, 0.15) is 5.82 Å². The van der Waals surface area contributed by atoms with Crippen LogP contribution in [0.1, 0.15) is 12.5 Å². The monoisotopic (exact) mass is 459 g/mol. The Bertz CT molecular complexity index is 1390. The fraction of sp³-hybridized carbons (Fsp3) is 0.250. The zero-order chi connectivity index (χ0) is 23.7. The molecular weight excluding hydrogens is 434 g/mol. The molecule has 0 unspecified atom stereocenters. The summed E-state index contributed by atoms with van der Waals surface area (Å²) in [5, 5.41) is 6.52. The third-order valence-corrected chi connectivity index (χ3v) is 5.87.